The number of aromatic nitrogens is 3. The van der Waals surface area contributed by atoms with Crippen LogP contribution in [0.2, 0.25) is 0 Å². The Morgan fingerprint density at radius 2 is 2.08 bits per heavy atom. The fraction of sp³-hybridized carbons (Fsp3) is 0.385. The van der Waals surface area contributed by atoms with Gasteiger partial charge in [0.05, 0.1) is 4.92 Å². The molecule has 0 spiro atoms. The number of hydrogen-bond donors (Lipinski definition) is 2. The molecule has 2 aromatic rings. The van der Waals surface area contributed by atoms with Crippen molar-refractivity contribution in [2.24, 2.45) is 7.05 Å². The first kappa shape index (κ1) is 17.7. The molecule has 2 N–H and O–H groups in total. The lowest BCUT2D eigenvalue weighted by atomic mass is 9.97. The molecular formula is C13H14F3N5O3. The van der Waals surface area contributed by atoms with Crippen LogP contribution in [0.4, 0.5) is 24.7 Å². The highest BCUT2D eigenvalue weighted by Gasteiger charge is 2.57. The molecule has 1 atom stereocenters. The normalized spacial score (nSPS) is 14.2. The Morgan fingerprint density at radius 1 is 1.38 bits per heavy atom. The van der Waals surface area contributed by atoms with E-state index in [0.29, 0.717) is 0 Å². The van der Waals surface area contributed by atoms with E-state index in [9.17, 15) is 28.4 Å². The van der Waals surface area contributed by atoms with Crippen LogP contribution in [0, 0.1) is 10.1 Å². The SMILES string of the molecule is Cn1ccnc1C(O)(CCNc1ccc([N+](=O)[O-])cn1)C(F)(F)F. The van der Waals surface area contributed by atoms with E-state index in [1.165, 1.54) is 25.4 Å². The van der Waals surface area contributed by atoms with Gasteiger partial charge in [0.1, 0.15) is 17.8 Å². The number of imidazole rings is 1. The number of pyridine rings is 1. The highest BCUT2D eigenvalue weighted by molar-refractivity contribution is 5.40. The summed E-state index contributed by atoms with van der Waals surface area (Å²) < 4.78 is 41.0. The third-order valence-corrected chi connectivity index (χ3v) is 3.41. The van der Waals surface area contributed by atoms with E-state index in [4.69, 9.17) is 0 Å². The molecule has 2 heterocycles. The van der Waals surface area contributed by atoms with Gasteiger partial charge in [0.25, 0.3) is 5.69 Å². The van der Waals surface area contributed by atoms with Gasteiger partial charge in [0.2, 0.25) is 5.60 Å². The molecule has 24 heavy (non-hydrogen) atoms. The zero-order valence-corrected chi connectivity index (χ0v) is 12.5. The molecule has 0 aromatic carbocycles. The summed E-state index contributed by atoms with van der Waals surface area (Å²) >= 11 is 0. The molecule has 1 unspecified atom stereocenters. The monoisotopic (exact) mass is 345 g/mol. The molecular weight excluding hydrogens is 331 g/mol. The second-order valence-electron chi connectivity index (χ2n) is 5.06. The molecule has 0 aliphatic heterocycles. The van der Waals surface area contributed by atoms with Crippen LogP contribution in [-0.4, -0.2) is 37.3 Å². The predicted octanol–water partition coefficient (Wildman–Crippen LogP) is 1.98. The van der Waals surface area contributed by atoms with Crippen LogP contribution < -0.4 is 5.32 Å². The number of anilines is 1. The quantitative estimate of drug-likeness (QED) is 0.612. The van der Waals surface area contributed by atoms with Gasteiger partial charge in [0, 0.05) is 38.5 Å². The van der Waals surface area contributed by atoms with Crippen molar-refractivity contribution in [3.05, 3.63) is 46.7 Å². The Labute approximate surface area is 134 Å². The number of aryl methyl sites for hydroxylation is 1. The molecule has 11 heteroatoms. The van der Waals surface area contributed by atoms with Crippen molar-refractivity contribution in [3.8, 4) is 0 Å². The minimum absolute atomic E-state index is 0.157. The number of hydrogen-bond acceptors (Lipinski definition) is 6. The summed E-state index contributed by atoms with van der Waals surface area (Å²) in [5.41, 5.74) is -3.36. The molecule has 0 radical (unpaired) electrons. The number of aliphatic hydroxyl groups is 1. The van der Waals surface area contributed by atoms with E-state index in [1.54, 1.807) is 0 Å². The largest absolute Gasteiger partial charge is 0.424 e. The summed E-state index contributed by atoms with van der Waals surface area (Å²) in [4.78, 5) is 17.2. The fourth-order valence-electron chi connectivity index (χ4n) is 2.11. The van der Waals surface area contributed by atoms with Crippen molar-refractivity contribution in [2.75, 3.05) is 11.9 Å². The average Bonchev–Trinajstić information content (AvgIpc) is 2.93. The minimum Gasteiger partial charge on any atom is -0.374 e. The molecule has 0 saturated carbocycles. The summed E-state index contributed by atoms with van der Waals surface area (Å²) in [6.07, 6.45) is -2.18. The number of alkyl halides is 3. The van der Waals surface area contributed by atoms with E-state index in [-0.39, 0.29) is 18.1 Å². The minimum atomic E-state index is -4.92. The Hall–Kier alpha value is -2.69. The van der Waals surface area contributed by atoms with Crippen molar-refractivity contribution in [3.63, 3.8) is 0 Å². The van der Waals surface area contributed by atoms with E-state index in [2.05, 4.69) is 15.3 Å². The molecule has 130 valence electrons. The van der Waals surface area contributed by atoms with Crippen LogP contribution in [0.15, 0.2) is 30.7 Å². The summed E-state index contributed by atoms with van der Waals surface area (Å²) in [6, 6.07) is 2.44. The van der Waals surface area contributed by atoms with Gasteiger partial charge in [0.15, 0.2) is 0 Å². The van der Waals surface area contributed by atoms with Gasteiger partial charge < -0.3 is 15.0 Å². The van der Waals surface area contributed by atoms with Crippen LogP contribution in [-0.2, 0) is 12.6 Å². The second-order valence-corrected chi connectivity index (χ2v) is 5.06. The van der Waals surface area contributed by atoms with Crippen molar-refractivity contribution >= 4 is 11.5 Å². The van der Waals surface area contributed by atoms with Crippen LogP contribution in [0.3, 0.4) is 0 Å². The van der Waals surface area contributed by atoms with Gasteiger partial charge in [-0.15, -0.1) is 0 Å². The molecule has 2 rings (SSSR count). The summed E-state index contributed by atoms with van der Waals surface area (Å²) in [7, 11) is 1.35. The number of nitrogens with one attached hydrogen (secondary N) is 1. The second kappa shape index (κ2) is 6.43. The standard InChI is InChI=1S/C13H14F3N5O3/c1-20-7-6-18-11(20)12(22,13(14,15)16)4-5-17-10-3-2-9(8-19-10)21(23)24/h2-3,6-8,22H,4-5H2,1H3,(H,17,19). The van der Waals surface area contributed by atoms with Gasteiger partial charge in [-0.3, -0.25) is 10.1 Å². The molecule has 0 amide bonds. The van der Waals surface area contributed by atoms with Gasteiger partial charge in [-0.1, -0.05) is 0 Å². The topological polar surface area (TPSA) is 106 Å². The number of nitrogens with zero attached hydrogens (tertiary/aromatic N) is 4. The molecule has 2 aromatic heterocycles. The molecule has 0 aliphatic rings. The fourth-order valence-corrected chi connectivity index (χ4v) is 2.11. The maximum atomic E-state index is 13.3. The van der Waals surface area contributed by atoms with Crippen LogP contribution in [0.5, 0.6) is 0 Å². The lowest BCUT2D eigenvalue weighted by molar-refractivity contribution is -0.385. The third kappa shape index (κ3) is 3.45. The number of nitro groups is 1. The predicted molar refractivity (Wildman–Crippen MR) is 77.2 cm³/mol. The van der Waals surface area contributed by atoms with E-state index < -0.39 is 28.9 Å². The van der Waals surface area contributed by atoms with E-state index in [1.807, 2.05) is 0 Å². The van der Waals surface area contributed by atoms with Gasteiger partial charge in [-0.2, -0.15) is 13.2 Å². The van der Waals surface area contributed by atoms with E-state index in [0.717, 1.165) is 17.0 Å². The summed E-state index contributed by atoms with van der Waals surface area (Å²) in [6.45, 7) is -0.270. The zero-order chi connectivity index (χ0) is 18.0. The molecule has 0 bridgehead atoms. The number of rotatable bonds is 6. The van der Waals surface area contributed by atoms with Crippen molar-refractivity contribution in [2.45, 2.75) is 18.2 Å². The molecule has 8 nitrogen and oxygen atoms in total. The van der Waals surface area contributed by atoms with Crippen molar-refractivity contribution in [1.82, 2.24) is 14.5 Å². The van der Waals surface area contributed by atoms with Crippen LogP contribution in [0.25, 0.3) is 0 Å². The summed E-state index contributed by atoms with van der Waals surface area (Å²) in [5, 5.41) is 23.2. The number of halogens is 3. The summed E-state index contributed by atoms with van der Waals surface area (Å²) in [5.74, 6) is -0.363. The first-order chi connectivity index (χ1) is 11.1. The zero-order valence-electron chi connectivity index (χ0n) is 12.5. The van der Waals surface area contributed by atoms with Crippen molar-refractivity contribution < 1.29 is 23.2 Å². The molecule has 0 aliphatic carbocycles. The lowest BCUT2D eigenvalue weighted by Crippen LogP contribution is -2.45. The first-order valence-corrected chi connectivity index (χ1v) is 6.76. The molecule has 0 saturated heterocycles. The first-order valence-electron chi connectivity index (χ1n) is 6.76. The van der Waals surface area contributed by atoms with Crippen molar-refractivity contribution in [1.29, 1.82) is 0 Å². The Kier molecular flexibility index (Phi) is 4.73. The molecule has 0 fully saturated rings. The van der Waals surface area contributed by atoms with Gasteiger partial charge in [-0.05, 0) is 6.07 Å². The van der Waals surface area contributed by atoms with Gasteiger partial charge >= 0.3 is 6.18 Å². The smallest absolute Gasteiger partial charge is 0.374 e. The van der Waals surface area contributed by atoms with Gasteiger partial charge in [-0.25, -0.2) is 9.97 Å². The van der Waals surface area contributed by atoms with E-state index >= 15 is 0 Å². The Bertz CT molecular complexity index is 716. The highest BCUT2D eigenvalue weighted by atomic mass is 19.4. The third-order valence-electron chi connectivity index (χ3n) is 3.41. The maximum absolute atomic E-state index is 13.3. The lowest BCUT2D eigenvalue weighted by Gasteiger charge is -2.30. The average molecular weight is 345 g/mol. The maximum Gasteiger partial charge on any atom is 0.424 e. The van der Waals surface area contributed by atoms with Crippen LogP contribution in [0.1, 0.15) is 12.2 Å². The Morgan fingerprint density at radius 3 is 2.54 bits per heavy atom. The van der Waals surface area contributed by atoms with Crippen LogP contribution >= 0.6 is 0 Å². The Balaban J connectivity index is 2.09. The highest BCUT2D eigenvalue weighted by Crippen LogP contribution is 2.40.